The summed E-state index contributed by atoms with van der Waals surface area (Å²) in [6.45, 7) is 9.95. The SMILES string of the molecule is CCN(CC)c1ccc(NC(=O)c2ccc(C(=O)N3CCCC(C)C3)cc2)cc1. The summed E-state index contributed by atoms with van der Waals surface area (Å²) in [6, 6.07) is 14.8. The second-order valence-electron chi connectivity index (χ2n) is 7.75. The lowest BCUT2D eigenvalue weighted by molar-refractivity contribution is 0.0682. The number of hydrogen-bond donors (Lipinski definition) is 1. The highest BCUT2D eigenvalue weighted by molar-refractivity contribution is 6.05. The second kappa shape index (κ2) is 9.59. The number of benzene rings is 2. The summed E-state index contributed by atoms with van der Waals surface area (Å²) in [5.41, 5.74) is 3.08. The zero-order chi connectivity index (χ0) is 20.8. The van der Waals surface area contributed by atoms with Gasteiger partial charge in [-0.3, -0.25) is 9.59 Å². The van der Waals surface area contributed by atoms with Crippen molar-refractivity contribution < 1.29 is 9.59 Å². The van der Waals surface area contributed by atoms with Crippen LogP contribution in [0, 0.1) is 5.92 Å². The van der Waals surface area contributed by atoms with Crippen LogP contribution in [0.15, 0.2) is 48.5 Å². The molecule has 0 bridgehead atoms. The molecular weight excluding hydrogens is 362 g/mol. The predicted molar refractivity (Wildman–Crippen MR) is 119 cm³/mol. The molecule has 0 aromatic heterocycles. The van der Waals surface area contributed by atoms with E-state index in [-0.39, 0.29) is 11.8 Å². The molecule has 154 valence electrons. The van der Waals surface area contributed by atoms with Crippen molar-refractivity contribution in [1.82, 2.24) is 4.90 Å². The highest BCUT2D eigenvalue weighted by atomic mass is 16.2. The van der Waals surface area contributed by atoms with Gasteiger partial charge in [0.1, 0.15) is 0 Å². The van der Waals surface area contributed by atoms with Gasteiger partial charge in [0.25, 0.3) is 11.8 Å². The van der Waals surface area contributed by atoms with E-state index in [1.807, 2.05) is 29.2 Å². The molecule has 2 aromatic carbocycles. The van der Waals surface area contributed by atoms with Gasteiger partial charge in [0, 0.05) is 48.7 Å². The smallest absolute Gasteiger partial charge is 0.255 e. The predicted octanol–water partition coefficient (Wildman–Crippen LogP) is 4.66. The van der Waals surface area contributed by atoms with Crippen LogP contribution in [-0.4, -0.2) is 42.9 Å². The lowest BCUT2D eigenvalue weighted by atomic mass is 9.99. The molecule has 0 spiro atoms. The molecule has 1 N–H and O–H groups in total. The van der Waals surface area contributed by atoms with Gasteiger partial charge in [-0.2, -0.15) is 0 Å². The summed E-state index contributed by atoms with van der Waals surface area (Å²) in [7, 11) is 0. The van der Waals surface area contributed by atoms with Gasteiger partial charge < -0.3 is 15.1 Å². The van der Waals surface area contributed by atoms with Crippen molar-refractivity contribution in [3.05, 3.63) is 59.7 Å². The highest BCUT2D eigenvalue weighted by Gasteiger charge is 2.22. The van der Waals surface area contributed by atoms with Crippen LogP contribution >= 0.6 is 0 Å². The molecule has 5 heteroatoms. The van der Waals surface area contributed by atoms with Crippen molar-refractivity contribution in [2.75, 3.05) is 36.4 Å². The Kier molecular flexibility index (Phi) is 6.91. The van der Waals surface area contributed by atoms with Gasteiger partial charge in [-0.25, -0.2) is 0 Å². The minimum Gasteiger partial charge on any atom is -0.372 e. The molecule has 0 saturated carbocycles. The number of amides is 2. The maximum Gasteiger partial charge on any atom is 0.255 e. The van der Waals surface area contributed by atoms with Gasteiger partial charge in [0.2, 0.25) is 0 Å². The van der Waals surface area contributed by atoms with Crippen molar-refractivity contribution in [2.45, 2.75) is 33.6 Å². The summed E-state index contributed by atoms with van der Waals surface area (Å²) in [5, 5.41) is 2.93. The molecule has 1 aliphatic heterocycles. The van der Waals surface area contributed by atoms with Crippen LogP contribution < -0.4 is 10.2 Å². The van der Waals surface area contributed by atoms with E-state index in [1.165, 1.54) is 6.42 Å². The van der Waals surface area contributed by atoms with Crippen LogP contribution in [0.2, 0.25) is 0 Å². The molecule has 1 unspecified atom stereocenters. The largest absolute Gasteiger partial charge is 0.372 e. The van der Waals surface area contributed by atoms with Crippen molar-refractivity contribution in [3.63, 3.8) is 0 Å². The fraction of sp³-hybridized carbons (Fsp3) is 0.417. The number of nitrogens with zero attached hydrogens (tertiary/aromatic N) is 2. The summed E-state index contributed by atoms with van der Waals surface area (Å²) >= 11 is 0. The maximum atomic E-state index is 12.7. The van der Waals surface area contributed by atoms with Gasteiger partial charge in [-0.05, 0) is 81.1 Å². The number of carbonyl (C=O) groups is 2. The van der Waals surface area contributed by atoms with E-state index in [0.717, 1.165) is 44.0 Å². The molecule has 3 rings (SSSR count). The summed E-state index contributed by atoms with van der Waals surface area (Å²) in [4.78, 5) is 29.4. The number of carbonyl (C=O) groups excluding carboxylic acids is 2. The van der Waals surface area contributed by atoms with E-state index in [2.05, 4.69) is 31.0 Å². The molecule has 1 heterocycles. The third-order valence-corrected chi connectivity index (χ3v) is 5.59. The molecular formula is C24H31N3O2. The molecule has 0 aliphatic carbocycles. The number of likely N-dealkylation sites (tertiary alicyclic amines) is 1. The van der Waals surface area contributed by atoms with E-state index >= 15 is 0 Å². The van der Waals surface area contributed by atoms with E-state index < -0.39 is 0 Å². The standard InChI is InChI=1S/C24H31N3O2/c1-4-26(5-2)22-14-12-21(13-15-22)25-23(28)19-8-10-20(11-9-19)24(29)27-16-6-7-18(3)17-27/h8-15,18H,4-7,16-17H2,1-3H3,(H,25,28). The Morgan fingerprint density at radius 3 is 2.21 bits per heavy atom. The Bertz CT molecular complexity index is 826. The molecule has 5 nitrogen and oxygen atoms in total. The van der Waals surface area contributed by atoms with Gasteiger partial charge in [0.05, 0.1) is 0 Å². The fourth-order valence-corrected chi connectivity index (χ4v) is 3.87. The Balaban J connectivity index is 1.62. The monoisotopic (exact) mass is 393 g/mol. The molecule has 0 radical (unpaired) electrons. The molecule has 1 atom stereocenters. The third kappa shape index (κ3) is 5.17. The van der Waals surface area contributed by atoms with Gasteiger partial charge in [0.15, 0.2) is 0 Å². The van der Waals surface area contributed by atoms with Crippen LogP contribution in [0.5, 0.6) is 0 Å². The first-order valence-electron chi connectivity index (χ1n) is 10.6. The minimum absolute atomic E-state index is 0.0514. The second-order valence-corrected chi connectivity index (χ2v) is 7.75. The lowest BCUT2D eigenvalue weighted by Crippen LogP contribution is -2.39. The van der Waals surface area contributed by atoms with E-state index in [9.17, 15) is 9.59 Å². The van der Waals surface area contributed by atoms with Gasteiger partial charge in [-0.1, -0.05) is 6.92 Å². The van der Waals surface area contributed by atoms with E-state index in [1.54, 1.807) is 24.3 Å². The quantitative estimate of drug-likeness (QED) is 0.777. The van der Waals surface area contributed by atoms with Gasteiger partial charge in [-0.15, -0.1) is 0 Å². The maximum absolute atomic E-state index is 12.7. The first-order valence-corrected chi connectivity index (χ1v) is 10.6. The topological polar surface area (TPSA) is 52.7 Å². The number of piperidine rings is 1. The number of rotatable bonds is 6. The fourth-order valence-electron chi connectivity index (χ4n) is 3.87. The first-order chi connectivity index (χ1) is 14.0. The Morgan fingerprint density at radius 1 is 1.00 bits per heavy atom. The molecule has 1 fully saturated rings. The van der Waals surface area contributed by atoms with Gasteiger partial charge >= 0.3 is 0 Å². The summed E-state index contributed by atoms with van der Waals surface area (Å²) in [5.74, 6) is 0.424. The molecule has 1 saturated heterocycles. The highest BCUT2D eigenvalue weighted by Crippen LogP contribution is 2.20. The first kappa shape index (κ1) is 20.9. The molecule has 2 amide bonds. The van der Waals surface area contributed by atoms with Crippen molar-refractivity contribution >= 4 is 23.2 Å². The summed E-state index contributed by atoms with van der Waals surface area (Å²) < 4.78 is 0. The average molecular weight is 394 g/mol. The van der Waals surface area contributed by atoms with Crippen molar-refractivity contribution in [3.8, 4) is 0 Å². The van der Waals surface area contributed by atoms with Crippen LogP contribution in [0.3, 0.4) is 0 Å². The Hall–Kier alpha value is -2.82. The molecule has 1 aliphatic rings. The molecule has 2 aromatic rings. The van der Waals surface area contributed by atoms with Crippen molar-refractivity contribution in [1.29, 1.82) is 0 Å². The minimum atomic E-state index is -0.175. The van der Waals surface area contributed by atoms with Crippen molar-refractivity contribution in [2.24, 2.45) is 5.92 Å². The lowest BCUT2D eigenvalue weighted by Gasteiger charge is -2.31. The zero-order valence-electron chi connectivity index (χ0n) is 17.6. The molecule has 29 heavy (non-hydrogen) atoms. The number of anilines is 2. The van der Waals surface area contributed by atoms with E-state index in [4.69, 9.17) is 0 Å². The average Bonchev–Trinajstić information content (AvgIpc) is 2.75. The van der Waals surface area contributed by atoms with Crippen LogP contribution in [0.4, 0.5) is 11.4 Å². The van der Waals surface area contributed by atoms with E-state index in [0.29, 0.717) is 17.0 Å². The third-order valence-electron chi connectivity index (χ3n) is 5.59. The number of nitrogens with one attached hydrogen (secondary N) is 1. The normalized spacial score (nSPS) is 16.4. The number of hydrogen-bond acceptors (Lipinski definition) is 3. The van der Waals surface area contributed by atoms with Crippen LogP contribution in [-0.2, 0) is 0 Å². The Morgan fingerprint density at radius 2 is 1.62 bits per heavy atom. The summed E-state index contributed by atoms with van der Waals surface area (Å²) in [6.07, 6.45) is 2.24. The zero-order valence-corrected chi connectivity index (χ0v) is 17.6. The Labute approximate surface area is 173 Å². The van der Waals surface area contributed by atoms with Crippen LogP contribution in [0.1, 0.15) is 54.3 Å². The van der Waals surface area contributed by atoms with Crippen LogP contribution in [0.25, 0.3) is 0 Å².